The molecule has 4 N–H and O–H groups in total. The quantitative estimate of drug-likeness (QED) is 0.170. The Kier molecular flexibility index (Phi) is 10.4. The molecule has 12 atom stereocenters. The third-order valence-corrected chi connectivity index (χ3v) is 12.8. The Hall–Kier alpha value is -5.03. The number of ether oxygens (including phenoxy) is 7. The summed E-state index contributed by atoms with van der Waals surface area (Å²) in [5.74, 6) is -4.04. The maximum absolute atomic E-state index is 15.1. The average Bonchev–Trinajstić information content (AvgIpc) is 3.53. The average molecular weight is 822 g/mol. The predicted octanol–water partition coefficient (Wildman–Crippen LogP) is 3.63. The van der Waals surface area contributed by atoms with Crippen LogP contribution in [0.2, 0.25) is 0 Å². The smallest absolute Gasteiger partial charge is 0.486 e. The van der Waals surface area contributed by atoms with Crippen LogP contribution >= 0.6 is 0 Å². The fourth-order valence-electron chi connectivity index (χ4n) is 10.2. The SMILES string of the molecule is CC(=O)O[C@@]12COC1C[C@H](O)[C@@]1(C)C(=O)[C@H](O)C3=C(C)[C@@H](OC(=O)[C@H](O)[C@@H](NC(=O)OC(C)(C)C)c4ccccc4)[C@@H]4OC(=O)O[C@]4([C@@H](Oc4ccccc4)C21)C3(C)C. The van der Waals surface area contributed by atoms with Gasteiger partial charge in [-0.1, -0.05) is 62.4 Å². The van der Waals surface area contributed by atoms with Crippen LogP contribution in [0, 0.1) is 16.7 Å². The minimum absolute atomic E-state index is 0.0158. The molecule has 7 rings (SSSR count). The van der Waals surface area contributed by atoms with E-state index in [-0.39, 0.29) is 29.9 Å². The molecular weight excluding hydrogens is 770 g/mol. The van der Waals surface area contributed by atoms with Crippen molar-refractivity contribution in [1.82, 2.24) is 5.32 Å². The molecule has 5 aliphatic rings. The summed E-state index contributed by atoms with van der Waals surface area (Å²) in [5.41, 5.74) is -7.85. The number of alkyl carbamates (subject to hydrolysis) is 1. The van der Waals surface area contributed by atoms with Gasteiger partial charge in [0.1, 0.15) is 23.6 Å². The van der Waals surface area contributed by atoms with Gasteiger partial charge < -0.3 is 53.8 Å². The van der Waals surface area contributed by atoms with E-state index in [4.69, 9.17) is 33.2 Å². The van der Waals surface area contributed by atoms with Crippen molar-refractivity contribution in [1.29, 1.82) is 0 Å². The second kappa shape index (κ2) is 14.6. The van der Waals surface area contributed by atoms with Crippen LogP contribution in [0.5, 0.6) is 5.75 Å². The number of aliphatic hydroxyl groups excluding tert-OH is 3. The molecule has 2 unspecified atom stereocenters. The van der Waals surface area contributed by atoms with Gasteiger partial charge in [-0.3, -0.25) is 9.59 Å². The predicted molar refractivity (Wildman–Crippen MR) is 203 cm³/mol. The molecule has 0 radical (unpaired) electrons. The molecule has 1 spiro atoms. The van der Waals surface area contributed by atoms with Gasteiger partial charge in [0.25, 0.3) is 0 Å². The molecule has 3 aliphatic carbocycles. The molecule has 2 aromatic rings. The van der Waals surface area contributed by atoms with E-state index in [9.17, 15) is 34.5 Å². The first-order valence-corrected chi connectivity index (χ1v) is 19.6. The lowest BCUT2D eigenvalue weighted by Crippen LogP contribution is -2.83. The number of rotatable bonds is 8. The zero-order chi connectivity index (χ0) is 43.0. The van der Waals surface area contributed by atoms with Gasteiger partial charge in [0.15, 0.2) is 35.8 Å². The number of para-hydroxylation sites is 1. The van der Waals surface area contributed by atoms with Gasteiger partial charge in [-0.25, -0.2) is 14.4 Å². The summed E-state index contributed by atoms with van der Waals surface area (Å²) >= 11 is 0. The van der Waals surface area contributed by atoms with Crippen molar-refractivity contribution in [2.45, 2.75) is 127 Å². The zero-order valence-electron chi connectivity index (χ0n) is 34.1. The normalized spacial score (nSPS) is 35.3. The minimum atomic E-state index is -2.13. The first-order chi connectivity index (χ1) is 27.6. The molecular formula is C43H51NO15. The minimum Gasteiger partial charge on any atom is -0.486 e. The number of aliphatic hydroxyl groups is 3. The fraction of sp³-hybridized carbons (Fsp3) is 0.558. The highest BCUT2D eigenvalue weighted by Gasteiger charge is 2.82. The molecule has 4 fully saturated rings. The number of nitrogens with one attached hydrogen (secondary N) is 1. The second-order valence-electron chi connectivity index (χ2n) is 17.7. The summed E-state index contributed by atoms with van der Waals surface area (Å²) in [4.78, 5) is 69.2. The van der Waals surface area contributed by atoms with E-state index in [0.29, 0.717) is 5.56 Å². The third-order valence-electron chi connectivity index (χ3n) is 12.8. The van der Waals surface area contributed by atoms with Crippen molar-refractivity contribution < 1.29 is 72.5 Å². The summed E-state index contributed by atoms with van der Waals surface area (Å²) in [6.07, 6.45) is -13.6. The van der Waals surface area contributed by atoms with Crippen LogP contribution in [0.3, 0.4) is 0 Å². The molecule has 1 amide bonds. The van der Waals surface area contributed by atoms with Crippen molar-refractivity contribution in [3.05, 3.63) is 77.4 Å². The van der Waals surface area contributed by atoms with Crippen molar-refractivity contribution in [3.8, 4) is 5.75 Å². The number of ketones is 1. The summed E-state index contributed by atoms with van der Waals surface area (Å²) in [5, 5.41) is 38.6. The van der Waals surface area contributed by atoms with Crippen molar-refractivity contribution >= 4 is 30.0 Å². The lowest BCUT2D eigenvalue weighted by molar-refractivity contribution is -0.343. The van der Waals surface area contributed by atoms with E-state index < -0.39 is 112 Å². The highest BCUT2D eigenvalue weighted by Crippen LogP contribution is 2.66. The molecule has 2 saturated heterocycles. The Bertz CT molecular complexity index is 2050. The number of Topliss-reactive ketones (excluding diaryl/α,β-unsaturated/α-hetero) is 1. The first kappa shape index (κ1) is 42.1. The van der Waals surface area contributed by atoms with Gasteiger partial charge in [0.05, 0.1) is 30.1 Å². The molecule has 2 aromatic carbocycles. The first-order valence-electron chi connectivity index (χ1n) is 19.6. The monoisotopic (exact) mass is 821 g/mol. The van der Waals surface area contributed by atoms with E-state index in [0.717, 1.165) is 0 Å². The number of carbonyl (C=O) groups is 5. The van der Waals surface area contributed by atoms with E-state index in [1.165, 1.54) is 20.8 Å². The van der Waals surface area contributed by atoms with Crippen LogP contribution in [0.1, 0.15) is 73.4 Å². The Morgan fingerprint density at radius 2 is 1.59 bits per heavy atom. The molecule has 16 nitrogen and oxygen atoms in total. The van der Waals surface area contributed by atoms with Crippen molar-refractivity contribution in [2.75, 3.05) is 6.61 Å². The Balaban J connectivity index is 1.41. The van der Waals surface area contributed by atoms with Gasteiger partial charge in [0, 0.05) is 18.8 Å². The van der Waals surface area contributed by atoms with Crippen LogP contribution in [-0.2, 0) is 42.8 Å². The third kappa shape index (κ3) is 6.55. The highest BCUT2D eigenvalue weighted by atomic mass is 16.8. The van der Waals surface area contributed by atoms with Gasteiger partial charge in [-0.05, 0) is 63.5 Å². The van der Waals surface area contributed by atoms with E-state index >= 15 is 4.79 Å². The molecule has 0 aromatic heterocycles. The van der Waals surface area contributed by atoms with Crippen LogP contribution in [0.25, 0.3) is 0 Å². The number of fused-ring (bicyclic) bond motifs is 4. The topological polar surface area (TPSA) is 223 Å². The number of benzene rings is 2. The summed E-state index contributed by atoms with van der Waals surface area (Å²) in [7, 11) is 0. The molecule has 59 heavy (non-hydrogen) atoms. The standard InChI is InChI=1S/C43H51NO15/c1-21-27-29(47)33(49)41(8)25(46)19-26-42(20-53-26,57-22(2)45)32(41)35(54-24-17-13-10-14-18-24)43(40(27,6)7)34(56-38(52)59-43)31(21)55-36(50)30(48)28(23-15-11-9-12-16-23)44-37(51)58-39(3,4)5/h9-18,25-26,28-32,34-35,46-48H,19-20H2,1-8H3,(H,44,51)/t25-,26?,28-,29+,30+,31+,32?,34-,35-,41+,42-,43+/m0/s1. The number of amides is 1. The Morgan fingerprint density at radius 1 is 0.966 bits per heavy atom. The lowest BCUT2D eigenvalue weighted by Gasteiger charge is -2.67. The highest BCUT2D eigenvalue weighted by molar-refractivity contribution is 5.94. The molecule has 2 saturated carbocycles. The summed E-state index contributed by atoms with van der Waals surface area (Å²) in [6.45, 7) is 12.1. The summed E-state index contributed by atoms with van der Waals surface area (Å²) in [6, 6.07) is 15.1. The Labute approximate surface area is 341 Å². The second-order valence-corrected chi connectivity index (χ2v) is 17.7. The largest absolute Gasteiger partial charge is 0.509 e. The maximum atomic E-state index is 15.1. The van der Waals surface area contributed by atoms with Crippen molar-refractivity contribution in [3.63, 3.8) is 0 Å². The molecule has 2 bridgehead atoms. The van der Waals surface area contributed by atoms with E-state index in [1.807, 2.05) is 0 Å². The van der Waals surface area contributed by atoms with Crippen LogP contribution < -0.4 is 10.1 Å². The maximum Gasteiger partial charge on any atom is 0.509 e. The van der Waals surface area contributed by atoms with Gasteiger partial charge in [-0.2, -0.15) is 0 Å². The fourth-order valence-corrected chi connectivity index (χ4v) is 10.2. The lowest BCUT2D eigenvalue weighted by atomic mass is 9.44. The number of esters is 2. The molecule has 16 heteroatoms. The van der Waals surface area contributed by atoms with Gasteiger partial charge in [0.2, 0.25) is 5.60 Å². The molecule has 2 heterocycles. The number of carbonyl (C=O) groups excluding carboxylic acids is 5. The number of hydrogen-bond acceptors (Lipinski definition) is 15. The van der Waals surface area contributed by atoms with Gasteiger partial charge >= 0.3 is 24.2 Å². The van der Waals surface area contributed by atoms with Crippen LogP contribution in [0.15, 0.2) is 71.8 Å². The van der Waals surface area contributed by atoms with Crippen LogP contribution in [-0.4, -0.2) is 111 Å². The zero-order valence-corrected chi connectivity index (χ0v) is 34.1. The Morgan fingerprint density at radius 3 is 2.17 bits per heavy atom. The molecule has 318 valence electrons. The number of hydrogen-bond donors (Lipinski definition) is 4. The molecule has 2 aliphatic heterocycles. The summed E-state index contributed by atoms with van der Waals surface area (Å²) < 4.78 is 42.7. The van der Waals surface area contributed by atoms with E-state index in [1.54, 1.807) is 95.3 Å². The van der Waals surface area contributed by atoms with Crippen molar-refractivity contribution in [2.24, 2.45) is 16.7 Å². The van der Waals surface area contributed by atoms with Gasteiger partial charge in [-0.15, -0.1) is 0 Å². The van der Waals surface area contributed by atoms with E-state index in [2.05, 4.69) is 5.32 Å². The van der Waals surface area contributed by atoms with Crippen LogP contribution in [0.4, 0.5) is 9.59 Å².